The van der Waals surface area contributed by atoms with Gasteiger partial charge in [0.2, 0.25) is 17.7 Å². The molecule has 1 saturated heterocycles. The quantitative estimate of drug-likeness (QED) is 0.705. The molecule has 4 atom stereocenters. The fourth-order valence-corrected chi connectivity index (χ4v) is 3.85. The molecular weight excluding hydrogens is 322 g/mol. The molecule has 140 valence electrons. The molecule has 0 aromatic carbocycles. The summed E-state index contributed by atoms with van der Waals surface area (Å²) in [4.78, 5) is 50.1. The van der Waals surface area contributed by atoms with E-state index in [1.807, 2.05) is 13.8 Å². The Morgan fingerprint density at radius 1 is 1.32 bits per heavy atom. The summed E-state index contributed by atoms with van der Waals surface area (Å²) in [6.45, 7) is 4.40. The maximum Gasteiger partial charge on any atom is 0.245 e. The lowest BCUT2D eigenvalue weighted by molar-refractivity contribution is -0.141. The van der Waals surface area contributed by atoms with E-state index in [0.29, 0.717) is 25.8 Å². The first kappa shape index (κ1) is 19.4. The summed E-state index contributed by atoms with van der Waals surface area (Å²) in [6, 6.07) is -1.24. The lowest BCUT2D eigenvalue weighted by Crippen LogP contribution is -2.53. The number of primary amides is 1. The zero-order valence-electron chi connectivity index (χ0n) is 15.1. The van der Waals surface area contributed by atoms with Crippen molar-refractivity contribution in [3.05, 3.63) is 0 Å². The maximum atomic E-state index is 12.9. The minimum atomic E-state index is -0.657. The maximum absolute atomic E-state index is 12.9. The number of Topliss-reactive ketones (excluding diaryl/α,β-unsaturated/α-hetero) is 1. The fraction of sp³-hybridized carbons (Fsp3) is 0.778. The van der Waals surface area contributed by atoms with E-state index in [2.05, 4.69) is 5.32 Å². The van der Waals surface area contributed by atoms with Crippen molar-refractivity contribution in [3.63, 3.8) is 0 Å². The van der Waals surface area contributed by atoms with Crippen LogP contribution in [0.4, 0.5) is 0 Å². The molecule has 2 rings (SSSR count). The zero-order valence-corrected chi connectivity index (χ0v) is 15.1. The molecule has 0 bridgehead atoms. The molecule has 7 nitrogen and oxygen atoms in total. The number of amides is 3. The van der Waals surface area contributed by atoms with Gasteiger partial charge in [-0.25, -0.2) is 0 Å². The fourth-order valence-electron chi connectivity index (χ4n) is 3.85. The molecule has 1 aliphatic carbocycles. The molecule has 1 saturated carbocycles. The second kappa shape index (κ2) is 8.45. The molecule has 3 N–H and O–H groups in total. The van der Waals surface area contributed by atoms with Crippen molar-refractivity contribution in [1.29, 1.82) is 0 Å². The van der Waals surface area contributed by atoms with Crippen LogP contribution in [-0.2, 0) is 19.2 Å². The van der Waals surface area contributed by atoms with E-state index < -0.39 is 18.0 Å². The third-order valence-corrected chi connectivity index (χ3v) is 5.35. The number of rotatable bonds is 7. The number of nitrogens with one attached hydrogen (secondary N) is 1. The SMILES string of the molecule is CCCC[C@H](NC(=O)[C@H]1CC(=O)C[C@H]1C)C(=O)N1CCC[C@H]1C(N)=O. The Bertz CT molecular complexity index is 548. The number of carbonyl (C=O) groups is 4. The second-order valence-electron chi connectivity index (χ2n) is 7.33. The molecule has 2 aliphatic rings. The minimum Gasteiger partial charge on any atom is -0.368 e. The molecule has 1 heterocycles. The van der Waals surface area contributed by atoms with Gasteiger partial charge in [-0.05, 0) is 25.2 Å². The summed E-state index contributed by atoms with van der Waals surface area (Å²) in [5, 5.41) is 2.85. The monoisotopic (exact) mass is 351 g/mol. The topological polar surface area (TPSA) is 110 Å². The Balaban J connectivity index is 2.07. The summed E-state index contributed by atoms with van der Waals surface area (Å²) in [5.41, 5.74) is 5.40. The van der Waals surface area contributed by atoms with E-state index in [9.17, 15) is 19.2 Å². The third-order valence-electron chi connectivity index (χ3n) is 5.35. The van der Waals surface area contributed by atoms with Crippen LogP contribution in [0.2, 0.25) is 0 Å². The summed E-state index contributed by atoms with van der Waals surface area (Å²) in [5.74, 6) is -1.24. The Morgan fingerprint density at radius 3 is 2.60 bits per heavy atom. The first-order chi connectivity index (χ1) is 11.8. The average molecular weight is 351 g/mol. The Morgan fingerprint density at radius 2 is 2.04 bits per heavy atom. The molecule has 0 aromatic rings. The summed E-state index contributed by atoms with van der Waals surface area (Å²) < 4.78 is 0. The van der Waals surface area contributed by atoms with Gasteiger partial charge in [-0.1, -0.05) is 26.7 Å². The molecule has 0 spiro atoms. The smallest absolute Gasteiger partial charge is 0.245 e. The third kappa shape index (κ3) is 4.58. The van der Waals surface area contributed by atoms with E-state index in [1.165, 1.54) is 4.90 Å². The Hall–Kier alpha value is -1.92. The predicted molar refractivity (Wildman–Crippen MR) is 92.3 cm³/mol. The van der Waals surface area contributed by atoms with Gasteiger partial charge in [0.25, 0.3) is 0 Å². The van der Waals surface area contributed by atoms with Gasteiger partial charge in [-0.15, -0.1) is 0 Å². The van der Waals surface area contributed by atoms with Gasteiger partial charge < -0.3 is 16.0 Å². The lowest BCUT2D eigenvalue weighted by Gasteiger charge is -2.29. The van der Waals surface area contributed by atoms with Crippen molar-refractivity contribution < 1.29 is 19.2 Å². The summed E-state index contributed by atoms with van der Waals surface area (Å²) in [7, 11) is 0. The van der Waals surface area contributed by atoms with Crippen molar-refractivity contribution in [3.8, 4) is 0 Å². The molecule has 25 heavy (non-hydrogen) atoms. The van der Waals surface area contributed by atoms with Gasteiger partial charge in [0, 0.05) is 25.3 Å². The van der Waals surface area contributed by atoms with Crippen LogP contribution in [0.25, 0.3) is 0 Å². The number of unbranched alkanes of at least 4 members (excludes halogenated alkanes) is 1. The van der Waals surface area contributed by atoms with Crippen LogP contribution in [0.3, 0.4) is 0 Å². The number of nitrogens with two attached hydrogens (primary N) is 1. The first-order valence-electron chi connectivity index (χ1n) is 9.27. The number of nitrogens with zero attached hydrogens (tertiary/aromatic N) is 1. The normalized spacial score (nSPS) is 27.4. The molecule has 7 heteroatoms. The highest BCUT2D eigenvalue weighted by Crippen LogP contribution is 2.29. The molecular formula is C18H29N3O4. The van der Waals surface area contributed by atoms with E-state index in [0.717, 1.165) is 19.3 Å². The van der Waals surface area contributed by atoms with Crippen molar-refractivity contribution in [1.82, 2.24) is 10.2 Å². The Labute approximate surface area is 148 Å². The standard InChI is InChI=1S/C18H29N3O4/c1-3-4-6-14(18(25)21-8-5-7-15(21)16(19)23)20-17(24)13-10-12(22)9-11(13)2/h11,13-15H,3-10H2,1-2H3,(H2,19,23)(H,20,24)/t11-,13+,14+,15+/m1/s1. The van der Waals surface area contributed by atoms with Crippen LogP contribution >= 0.6 is 0 Å². The summed E-state index contributed by atoms with van der Waals surface area (Å²) >= 11 is 0. The van der Waals surface area contributed by atoms with Gasteiger partial charge >= 0.3 is 0 Å². The van der Waals surface area contributed by atoms with E-state index in [-0.39, 0.29) is 35.9 Å². The van der Waals surface area contributed by atoms with Gasteiger partial charge in [-0.3, -0.25) is 19.2 Å². The zero-order chi connectivity index (χ0) is 18.6. The van der Waals surface area contributed by atoms with Gasteiger partial charge in [0.05, 0.1) is 0 Å². The van der Waals surface area contributed by atoms with Crippen LogP contribution < -0.4 is 11.1 Å². The molecule has 0 unspecified atom stereocenters. The number of likely N-dealkylation sites (tertiary alicyclic amines) is 1. The van der Waals surface area contributed by atoms with Crippen molar-refractivity contribution in [2.75, 3.05) is 6.54 Å². The summed E-state index contributed by atoms with van der Waals surface area (Å²) in [6.07, 6.45) is 4.20. The predicted octanol–water partition coefficient (Wildman–Crippen LogP) is 0.753. The van der Waals surface area contributed by atoms with E-state index >= 15 is 0 Å². The lowest BCUT2D eigenvalue weighted by atomic mass is 9.96. The van der Waals surface area contributed by atoms with Crippen molar-refractivity contribution in [2.45, 2.75) is 70.9 Å². The van der Waals surface area contributed by atoms with E-state index in [1.54, 1.807) is 0 Å². The van der Waals surface area contributed by atoms with Crippen LogP contribution in [0.1, 0.15) is 58.8 Å². The number of hydrogen-bond acceptors (Lipinski definition) is 4. The first-order valence-corrected chi connectivity index (χ1v) is 9.27. The van der Waals surface area contributed by atoms with E-state index in [4.69, 9.17) is 5.73 Å². The average Bonchev–Trinajstić information content (AvgIpc) is 3.17. The largest absolute Gasteiger partial charge is 0.368 e. The van der Waals surface area contributed by atoms with Crippen LogP contribution in [0.5, 0.6) is 0 Å². The highest BCUT2D eigenvalue weighted by atomic mass is 16.2. The minimum absolute atomic E-state index is 0.000387. The molecule has 2 fully saturated rings. The van der Waals surface area contributed by atoms with Gasteiger partial charge in [0.1, 0.15) is 17.9 Å². The van der Waals surface area contributed by atoms with Gasteiger partial charge in [-0.2, -0.15) is 0 Å². The highest BCUT2D eigenvalue weighted by Gasteiger charge is 2.39. The highest BCUT2D eigenvalue weighted by molar-refractivity contribution is 5.95. The second-order valence-corrected chi connectivity index (χ2v) is 7.33. The van der Waals surface area contributed by atoms with Crippen LogP contribution in [-0.4, -0.2) is 47.0 Å². The van der Waals surface area contributed by atoms with Crippen molar-refractivity contribution >= 4 is 23.5 Å². The van der Waals surface area contributed by atoms with Crippen LogP contribution in [0.15, 0.2) is 0 Å². The Kier molecular flexibility index (Phi) is 6.56. The molecule has 0 aromatic heterocycles. The molecule has 1 aliphatic heterocycles. The number of hydrogen-bond donors (Lipinski definition) is 2. The van der Waals surface area contributed by atoms with Crippen LogP contribution in [0, 0.1) is 11.8 Å². The number of carbonyl (C=O) groups excluding carboxylic acids is 4. The molecule has 3 amide bonds. The van der Waals surface area contributed by atoms with Crippen molar-refractivity contribution in [2.24, 2.45) is 17.6 Å². The molecule has 0 radical (unpaired) electrons. The number of ketones is 1. The van der Waals surface area contributed by atoms with Gasteiger partial charge in [0.15, 0.2) is 0 Å².